The predicted octanol–water partition coefficient (Wildman–Crippen LogP) is 4.30. The minimum absolute atomic E-state index is 0.0189. The van der Waals surface area contributed by atoms with Crippen LogP contribution in [0.1, 0.15) is 37.6 Å². The molecule has 1 aliphatic rings. The molecule has 0 radical (unpaired) electrons. The number of fused-ring (bicyclic) bond motifs is 1. The lowest BCUT2D eigenvalue weighted by Crippen LogP contribution is -2.23. The molecule has 1 aromatic heterocycles. The summed E-state index contributed by atoms with van der Waals surface area (Å²) in [5.74, 6) is 0.623. The van der Waals surface area contributed by atoms with E-state index >= 15 is 0 Å². The summed E-state index contributed by atoms with van der Waals surface area (Å²) >= 11 is 0. The molecular formula is C20H25F3N4O. The van der Waals surface area contributed by atoms with Crippen LogP contribution in [0, 0.1) is 0 Å². The molecule has 2 N–H and O–H groups in total. The monoisotopic (exact) mass is 394 g/mol. The Balaban J connectivity index is 1.90. The third kappa shape index (κ3) is 4.99. The molecule has 28 heavy (non-hydrogen) atoms. The van der Waals surface area contributed by atoms with Gasteiger partial charge in [-0.2, -0.15) is 13.2 Å². The van der Waals surface area contributed by atoms with Crippen LogP contribution in [0.4, 0.5) is 19.0 Å². The Hall–Kier alpha value is -2.19. The van der Waals surface area contributed by atoms with Gasteiger partial charge in [0, 0.05) is 18.5 Å². The Morgan fingerprint density at radius 3 is 2.68 bits per heavy atom. The largest absolute Gasteiger partial charge is 0.418 e. The zero-order valence-electron chi connectivity index (χ0n) is 16.1. The Kier molecular flexibility index (Phi) is 6.51. The molecule has 1 aliphatic heterocycles. The number of halogens is 3. The zero-order valence-corrected chi connectivity index (χ0v) is 16.1. The minimum atomic E-state index is -4.49. The molecular weight excluding hydrogens is 369 g/mol. The van der Waals surface area contributed by atoms with Gasteiger partial charge in [0.05, 0.1) is 11.1 Å². The molecule has 152 valence electrons. The number of methoxy groups -OCH3 is 1. The van der Waals surface area contributed by atoms with Crippen LogP contribution in [0.25, 0.3) is 10.9 Å². The number of piperidine rings is 1. The molecule has 0 aliphatic carbocycles. The summed E-state index contributed by atoms with van der Waals surface area (Å²) in [5.41, 5.74) is 0.542. The van der Waals surface area contributed by atoms with Gasteiger partial charge in [0.15, 0.2) is 5.82 Å². The van der Waals surface area contributed by atoms with E-state index in [2.05, 4.69) is 26.7 Å². The molecule has 1 fully saturated rings. The van der Waals surface area contributed by atoms with Crippen LogP contribution >= 0.6 is 0 Å². The lowest BCUT2D eigenvalue weighted by atomic mass is 10.0. The Labute approximate surface area is 162 Å². The van der Waals surface area contributed by atoms with Crippen molar-refractivity contribution in [2.24, 2.45) is 0 Å². The lowest BCUT2D eigenvalue weighted by Gasteiger charge is -2.19. The first-order valence-electron chi connectivity index (χ1n) is 9.39. The second-order valence-corrected chi connectivity index (χ2v) is 7.01. The summed E-state index contributed by atoms with van der Waals surface area (Å²) in [6.45, 7) is 4.02. The second-order valence-electron chi connectivity index (χ2n) is 7.01. The molecule has 0 unspecified atom stereocenters. The molecule has 0 saturated carbocycles. The van der Waals surface area contributed by atoms with Crippen molar-refractivity contribution in [3.8, 4) is 0 Å². The summed E-state index contributed by atoms with van der Waals surface area (Å²) < 4.78 is 45.3. The number of nitrogens with one attached hydrogen (secondary N) is 2. The van der Waals surface area contributed by atoms with Crippen molar-refractivity contribution < 1.29 is 17.9 Å². The predicted molar refractivity (Wildman–Crippen MR) is 103 cm³/mol. The standard InChI is InChI=1S/C20H25F3N4O/c1-13(6-7-14-8-10-24-11-9-14)25-19-15-4-3-5-16(20(21,22)23)18(15)26-17(27-19)12-28-2/h3-5,7,13,24H,6,8-12H2,1-2H3,(H,25,26,27)/t13-/m0/s1. The maximum Gasteiger partial charge on any atom is 0.418 e. The smallest absolute Gasteiger partial charge is 0.377 e. The minimum Gasteiger partial charge on any atom is -0.377 e. The van der Waals surface area contributed by atoms with Crippen LogP contribution in [0.2, 0.25) is 0 Å². The van der Waals surface area contributed by atoms with E-state index in [1.54, 1.807) is 6.07 Å². The highest BCUT2D eigenvalue weighted by atomic mass is 19.4. The molecule has 3 rings (SSSR count). The maximum atomic E-state index is 13.4. The molecule has 5 nitrogen and oxygen atoms in total. The van der Waals surface area contributed by atoms with Crippen LogP contribution in [-0.4, -0.2) is 36.2 Å². The first-order chi connectivity index (χ1) is 13.4. The topological polar surface area (TPSA) is 59.1 Å². The normalized spacial score (nSPS) is 16.2. The molecule has 0 spiro atoms. The molecule has 0 bridgehead atoms. The van der Waals surface area contributed by atoms with Gasteiger partial charge < -0.3 is 15.4 Å². The van der Waals surface area contributed by atoms with Crippen molar-refractivity contribution in [1.29, 1.82) is 0 Å². The second kappa shape index (κ2) is 8.87. The number of nitrogens with zero attached hydrogens (tertiary/aromatic N) is 2. The number of ether oxygens (including phenoxy) is 1. The van der Waals surface area contributed by atoms with Gasteiger partial charge in [0.1, 0.15) is 12.4 Å². The highest BCUT2D eigenvalue weighted by Gasteiger charge is 2.33. The average molecular weight is 394 g/mol. The number of aromatic nitrogens is 2. The lowest BCUT2D eigenvalue weighted by molar-refractivity contribution is -0.136. The number of hydrogen-bond donors (Lipinski definition) is 2. The fraction of sp³-hybridized carbons (Fsp3) is 0.500. The Morgan fingerprint density at radius 1 is 1.25 bits per heavy atom. The van der Waals surface area contributed by atoms with E-state index in [9.17, 15) is 13.2 Å². The highest BCUT2D eigenvalue weighted by Crippen LogP contribution is 2.35. The number of anilines is 1. The molecule has 2 heterocycles. The van der Waals surface area contributed by atoms with E-state index in [1.165, 1.54) is 18.7 Å². The van der Waals surface area contributed by atoms with Crippen molar-refractivity contribution in [2.75, 3.05) is 25.5 Å². The van der Waals surface area contributed by atoms with E-state index in [4.69, 9.17) is 4.74 Å². The van der Waals surface area contributed by atoms with Crippen LogP contribution in [0.15, 0.2) is 29.8 Å². The quantitative estimate of drug-likeness (QED) is 0.716. The number of rotatable bonds is 6. The number of benzene rings is 1. The fourth-order valence-electron chi connectivity index (χ4n) is 3.32. The number of hydrogen-bond acceptors (Lipinski definition) is 5. The fourth-order valence-corrected chi connectivity index (χ4v) is 3.32. The van der Waals surface area contributed by atoms with Gasteiger partial charge >= 0.3 is 6.18 Å². The zero-order chi connectivity index (χ0) is 20.1. The van der Waals surface area contributed by atoms with Crippen LogP contribution < -0.4 is 10.6 Å². The first-order valence-corrected chi connectivity index (χ1v) is 9.39. The summed E-state index contributed by atoms with van der Waals surface area (Å²) in [7, 11) is 1.46. The third-order valence-corrected chi connectivity index (χ3v) is 4.74. The first kappa shape index (κ1) is 20.5. The Bertz CT molecular complexity index is 843. The Morgan fingerprint density at radius 2 is 2.00 bits per heavy atom. The van der Waals surface area contributed by atoms with Gasteiger partial charge in [-0.1, -0.05) is 17.7 Å². The average Bonchev–Trinajstić information content (AvgIpc) is 2.66. The highest BCUT2D eigenvalue weighted by molar-refractivity contribution is 5.91. The molecule has 0 amide bonds. The molecule has 1 saturated heterocycles. The van der Waals surface area contributed by atoms with Gasteiger partial charge in [0.25, 0.3) is 0 Å². The van der Waals surface area contributed by atoms with Crippen molar-refractivity contribution in [3.63, 3.8) is 0 Å². The summed E-state index contributed by atoms with van der Waals surface area (Å²) in [6.07, 6.45) is 0.588. The maximum absolute atomic E-state index is 13.4. The molecule has 2 aromatic rings. The van der Waals surface area contributed by atoms with Gasteiger partial charge in [0.2, 0.25) is 0 Å². The van der Waals surface area contributed by atoms with E-state index in [1.807, 2.05) is 6.92 Å². The van der Waals surface area contributed by atoms with Gasteiger partial charge in [-0.05, 0) is 51.4 Å². The number of para-hydroxylation sites is 1. The van der Waals surface area contributed by atoms with Gasteiger partial charge in [-0.3, -0.25) is 0 Å². The molecule has 8 heteroatoms. The van der Waals surface area contributed by atoms with E-state index in [-0.39, 0.29) is 24.0 Å². The van der Waals surface area contributed by atoms with Crippen LogP contribution in [0.5, 0.6) is 0 Å². The van der Waals surface area contributed by atoms with Crippen LogP contribution in [0.3, 0.4) is 0 Å². The van der Waals surface area contributed by atoms with Crippen molar-refractivity contribution in [1.82, 2.24) is 15.3 Å². The van der Waals surface area contributed by atoms with E-state index < -0.39 is 11.7 Å². The summed E-state index contributed by atoms with van der Waals surface area (Å²) in [4.78, 5) is 8.51. The van der Waals surface area contributed by atoms with Crippen molar-refractivity contribution in [2.45, 2.75) is 45.0 Å². The van der Waals surface area contributed by atoms with Crippen molar-refractivity contribution in [3.05, 3.63) is 41.2 Å². The van der Waals surface area contributed by atoms with E-state index in [0.717, 1.165) is 38.4 Å². The third-order valence-electron chi connectivity index (χ3n) is 4.74. The summed E-state index contributed by atoms with van der Waals surface area (Å²) in [5, 5.41) is 6.95. The summed E-state index contributed by atoms with van der Waals surface area (Å²) in [6, 6.07) is 4.06. The molecule has 1 aromatic carbocycles. The van der Waals surface area contributed by atoms with Crippen LogP contribution in [-0.2, 0) is 17.5 Å². The SMILES string of the molecule is COCc1nc(N[C@@H](C)CC=C2CCNCC2)c2cccc(C(F)(F)F)c2n1. The van der Waals surface area contributed by atoms with E-state index in [0.29, 0.717) is 11.2 Å². The van der Waals surface area contributed by atoms with Gasteiger partial charge in [-0.15, -0.1) is 0 Å². The van der Waals surface area contributed by atoms with Crippen molar-refractivity contribution >= 4 is 16.7 Å². The molecule has 1 atom stereocenters. The number of alkyl halides is 3. The van der Waals surface area contributed by atoms with Gasteiger partial charge in [-0.25, -0.2) is 9.97 Å².